The molecular weight excluding hydrogens is 319 g/mol. The van der Waals surface area contributed by atoms with Gasteiger partial charge >= 0.3 is 5.97 Å². The number of carboxylic acids is 1. The van der Waals surface area contributed by atoms with E-state index in [4.69, 9.17) is 39.9 Å². The summed E-state index contributed by atoms with van der Waals surface area (Å²) in [6.07, 6.45) is 1.26. The van der Waals surface area contributed by atoms with Crippen LogP contribution >= 0.6 is 46.1 Å². The highest BCUT2D eigenvalue weighted by atomic mass is 35.5. The Bertz CT molecular complexity index is 592. The fourth-order valence-corrected chi connectivity index (χ4v) is 2.77. The summed E-state index contributed by atoms with van der Waals surface area (Å²) < 4.78 is 0. The first-order chi connectivity index (χ1) is 8.47. The summed E-state index contributed by atoms with van der Waals surface area (Å²) in [6, 6.07) is 3.06. The SMILES string of the molecule is O=C(O)c1cnc(Nc2c(Cl)cc(Cl)cc2Cl)s1. The first-order valence-electron chi connectivity index (χ1n) is 4.58. The van der Waals surface area contributed by atoms with E-state index in [1.807, 2.05) is 0 Å². The molecule has 0 saturated carbocycles. The van der Waals surface area contributed by atoms with Gasteiger partial charge < -0.3 is 10.4 Å². The summed E-state index contributed by atoms with van der Waals surface area (Å²) in [5.41, 5.74) is 0.439. The summed E-state index contributed by atoms with van der Waals surface area (Å²) in [7, 11) is 0. The molecule has 0 fully saturated rings. The Morgan fingerprint density at radius 3 is 2.39 bits per heavy atom. The van der Waals surface area contributed by atoms with E-state index >= 15 is 0 Å². The first kappa shape index (κ1) is 13.4. The highest BCUT2D eigenvalue weighted by Crippen LogP contribution is 2.36. The molecule has 18 heavy (non-hydrogen) atoms. The molecule has 4 nitrogen and oxygen atoms in total. The molecule has 0 spiro atoms. The van der Waals surface area contributed by atoms with E-state index in [-0.39, 0.29) is 4.88 Å². The van der Waals surface area contributed by atoms with Gasteiger partial charge in [0.1, 0.15) is 4.88 Å². The Balaban J connectivity index is 2.31. The second-order valence-corrected chi connectivity index (χ2v) is 5.49. The summed E-state index contributed by atoms with van der Waals surface area (Å²) >= 11 is 18.7. The second-order valence-electron chi connectivity index (χ2n) is 3.20. The third kappa shape index (κ3) is 2.87. The number of hydrogen-bond donors (Lipinski definition) is 2. The van der Waals surface area contributed by atoms with E-state index in [1.54, 1.807) is 0 Å². The van der Waals surface area contributed by atoms with Crippen molar-refractivity contribution in [3.8, 4) is 0 Å². The van der Waals surface area contributed by atoms with Crippen LogP contribution in [0.25, 0.3) is 0 Å². The Morgan fingerprint density at radius 1 is 1.28 bits per heavy atom. The molecule has 0 atom stereocenters. The smallest absolute Gasteiger partial charge is 0.347 e. The molecule has 0 aliphatic carbocycles. The number of hydrogen-bond acceptors (Lipinski definition) is 4. The Morgan fingerprint density at radius 2 is 1.89 bits per heavy atom. The van der Waals surface area contributed by atoms with Crippen molar-refractivity contribution < 1.29 is 9.90 Å². The Labute approximate surface area is 121 Å². The maximum Gasteiger partial charge on any atom is 0.347 e. The molecule has 0 aliphatic rings. The zero-order chi connectivity index (χ0) is 13.3. The van der Waals surface area contributed by atoms with Crippen LogP contribution < -0.4 is 5.32 Å². The number of carboxylic acid groups (broad SMARTS) is 1. The Hall–Kier alpha value is -1.01. The number of carbonyl (C=O) groups is 1. The predicted molar refractivity (Wildman–Crippen MR) is 73.8 cm³/mol. The van der Waals surface area contributed by atoms with Gasteiger partial charge in [-0.2, -0.15) is 0 Å². The van der Waals surface area contributed by atoms with Gasteiger partial charge in [0.2, 0.25) is 0 Å². The van der Waals surface area contributed by atoms with Gasteiger partial charge in [0.25, 0.3) is 0 Å². The van der Waals surface area contributed by atoms with Crippen molar-refractivity contribution >= 4 is 62.9 Å². The highest BCUT2D eigenvalue weighted by Gasteiger charge is 2.12. The number of benzene rings is 1. The number of anilines is 2. The lowest BCUT2D eigenvalue weighted by Gasteiger charge is -2.07. The fourth-order valence-electron chi connectivity index (χ4n) is 1.20. The number of aromatic nitrogens is 1. The zero-order valence-corrected chi connectivity index (χ0v) is 11.7. The number of halogens is 3. The maximum absolute atomic E-state index is 10.7. The van der Waals surface area contributed by atoms with Crippen LogP contribution in [0.2, 0.25) is 15.1 Å². The van der Waals surface area contributed by atoms with Crippen LogP contribution in [0.15, 0.2) is 18.3 Å². The molecule has 1 heterocycles. The molecular formula is C10H5Cl3N2O2S. The monoisotopic (exact) mass is 322 g/mol. The van der Waals surface area contributed by atoms with E-state index < -0.39 is 5.97 Å². The van der Waals surface area contributed by atoms with E-state index in [0.717, 1.165) is 11.3 Å². The van der Waals surface area contributed by atoms with E-state index in [2.05, 4.69) is 10.3 Å². The molecule has 0 radical (unpaired) electrons. The molecule has 2 aromatic rings. The average Bonchev–Trinajstić information content (AvgIpc) is 2.71. The molecule has 0 unspecified atom stereocenters. The lowest BCUT2D eigenvalue weighted by atomic mass is 10.3. The van der Waals surface area contributed by atoms with Crippen LogP contribution in [0.4, 0.5) is 10.8 Å². The average molecular weight is 324 g/mol. The summed E-state index contributed by atoms with van der Waals surface area (Å²) in [6.45, 7) is 0. The van der Waals surface area contributed by atoms with Crippen molar-refractivity contribution in [3.63, 3.8) is 0 Å². The summed E-state index contributed by atoms with van der Waals surface area (Å²) in [4.78, 5) is 14.8. The van der Waals surface area contributed by atoms with E-state index in [9.17, 15) is 4.79 Å². The molecule has 1 aromatic carbocycles. The fraction of sp³-hybridized carbons (Fsp3) is 0. The largest absolute Gasteiger partial charge is 0.477 e. The maximum atomic E-state index is 10.7. The molecule has 2 N–H and O–H groups in total. The van der Waals surface area contributed by atoms with Crippen molar-refractivity contribution in [2.24, 2.45) is 0 Å². The van der Waals surface area contributed by atoms with Gasteiger partial charge in [-0.15, -0.1) is 0 Å². The van der Waals surface area contributed by atoms with Gasteiger partial charge in [0.15, 0.2) is 5.13 Å². The quantitative estimate of drug-likeness (QED) is 0.870. The van der Waals surface area contributed by atoms with Gasteiger partial charge in [-0.3, -0.25) is 0 Å². The normalized spacial score (nSPS) is 10.4. The van der Waals surface area contributed by atoms with Gasteiger partial charge in [0, 0.05) is 5.02 Å². The molecule has 2 rings (SSSR count). The number of thiazole rings is 1. The third-order valence-electron chi connectivity index (χ3n) is 1.96. The third-order valence-corrected chi connectivity index (χ3v) is 3.67. The number of nitrogens with zero attached hydrogens (tertiary/aromatic N) is 1. The van der Waals surface area contributed by atoms with E-state index in [1.165, 1.54) is 18.3 Å². The number of rotatable bonds is 3. The molecule has 0 bridgehead atoms. The van der Waals surface area contributed by atoms with Crippen molar-refractivity contribution in [1.82, 2.24) is 4.98 Å². The minimum absolute atomic E-state index is 0.124. The van der Waals surface area contributed by atoms with Crippen molar-refractivity contribution in [2.75, 3.05) is 5.32 Å². The van der Waals surface area contributed by atoms with Crippen LogP contribution in [0.1, 0.15) is 9.67 Å². The van der Waals surface area contributed by atoms with Crippen LogP contribution in [0, 0.1) is 0 Å². The molecule has 8 heteroatoms. The molecule has 0 saturated heterocycles. The second kappa shape index (κ2) is 5.32. The lowest BCUT2D eigenvalue weighted by Crippen LogP contribution is -1.91. The minimum Gasteiger partial charge on any atom is -0.477 e. The number of aromatic carboxylic acids is 1. The minimum atomic E-state index is -1.03. The van der Waals surface area contributed by atoms with Gasteiger partial charge in [-0.25, -0.2) is 9.78 Å². The lowest BCUT2D eigenvalue weighted by molar-refractivity contribution is 0.0702. The standard InChI is InChI=1S/C10H5Cl3N2O2S/c11-4-1-5(12)8(6(13)2-4)15-10-14-3-7(18-10)9(16)17/h1-3H,(H,14,15)(H,16,17). The molecule has 94 valence electrons. The van der Waals surface area contributed by atoms with Crippen LogP contribution in [0.3, 0.4) is 0 Å². The Kier molecular flexibility index (Phi) is 3.97. The molecule has 1 aromatic heterocycles. The van der Waals surface area contributed by atoms with Gasteiger partial charge in [-0.05, 0) is 12.1 Å². The zero-order valence-electron chi connectivity index (χ0n) is 8.58. The topological polar surface area (TPSA) is 62.2 Å². The first-order valence-corrected chi connectivity index (χ1v) is 6.53. The summed E-state index contributed by atoms with van der Waals surface area (Å²) in [5, 5.41) is 13.1. The number of nitrogens with one attached hydrogen (secondary N) is 1. The van der Waals surface area contributed by atoms with Crippen molar-refractivity contribution in [1.29, 1.82) is 0 Å². The molecule has 0 amide bonds. The van der Waals surface area contributed by atoms with Crippen molar-refractivity contribution in [3.05, 3.63) is 38.3 Å². The van der Waals surface area contributed by atoms with Crippen LogP contribution in [-0.4, -0.2) is 16.1 Å². The predicted octanol–water partition coefficient (Wildman–Crippen LogP) is 4.55. The van der Waals surface area contributed by atoms with Crippen LogP contribution in [0.5, 0.6) is 0 Å². The van der Waals surface area contributed by atoms with Gasteiger partial charge in [-0.1, -0.05) is 46.1 Å². The molecule has 0 aliphatic heterocycles. The van der Waals surface area contributed by atoms with Crippen LogP contribution in [-0.2, 0) is 0 Å². The van der Waals surface area contributed by atoms with Crippen molar-refractivity contribution in [2.45, 2.75) is 0 Å². The van der Waals surface area contributed by atoms with Gasteiger partial charge in [0.05, 0.1) is 21.9 Å². The van der Waals surface area contributed by atoms with E-state index in [0.29, 0.717) is 25.9 Å². The summed E-state index contributed by atoms with van der Waals surface area (Å²) in [5.74, 6) is -1.03. The highest BCUT2D eigenvalue weighted by molar-refractivity contribution is 7.17.